The molecule has 2 aromatic rings. The number of thioether (sulfide) groups is 1. The van der Waals surface area contributed by atoms with Crippen LogP contribution < -0.4 is 10.6 Å². The van der Waals surface area contributed by atoms with Crippen LogP contribution in [-0.4, -0.2) is 41.8 Å². The molecule has 0 saturated heterocycles. The van der Waals surface area contributed by atoms with Gasteiger partial charge in [0, 0.05) is 55.0 Å². The fourth-order valence-electron chi connectivity index (χ4n) is 1.86. The molecule has 0 saturated carbocycles. The minimum atomic E-state index is 0.851. The van der Waals surface area contributed by atoms with Gasteiger partial charge in [-0.2, -0.15) is 0 Å². The standard InChI is InChI=1S/C15H23N5S3/c1-3-12-11-20-13(23-12)5-7-18-14(16-2)17-6-4-9-21-15-19-8-10-22-15/h8,10-11H,3-7,9H2,1-2H3,(H2,16,17,18). The molecule has 0 aromatic carbocycles. The highest BCUT2D eigenvalue weighted by atomic mass is 32.2. The normalized spacial score (nSPS) is 11.7. The SMILES string of the molecule is CCc1cnc(CCNC(=NC)NCCCSc2nccs2)s1. The Morgan fingerprint density at radius 3 is 2.87 bits per heavy atom. The molecule has 0 aliphatic carbocycles. The fourth-order valence-corrected chi connectivity index (χ4v) is 4.36. The highest BCUT2D eigenvalue weighted by molar-refractivity contribution is 8.00. The van der Waals surface area contributed by atoms with Crippen molar-refractivity contribution in [1.29, 1.82) is 0 Å². The Bertz CT molecular complexity index is 580. The molecule has 0 aliphatic heterocycles. The van der Waals surface area contributed by atoms with Crippen molar-refractivity contribution in [1.82, 2.24) is 20.6 Å². The molecule has 23 heavy (non-hydrogen) atoms. The van der Waals surface area contributed by atoms with E-state index in [0.717, 1.165) is 48.4 Å². The van der Waals surface area contributed by atoms with Crippen LogP contribution in [0.5, 0.6) is 0 Å². The summed E-state index contributed by atoms with van der Waals surface area (Å²) >= 11 is 5.30. The van der Waals surface area contributed by atoms with Crippen molar-refractivity contribution in [3.05, 3.63) is 27.7 Å². The lowest BCUT2D eigenvalue weighted by Gasteiger charge is -2.10. The smallest absolute Gasteiger partial charge is 0.190 e. The van der Waals surface area contributed by atoms with Gasteiger partial charge in [0.05, 0.1) is 5.01 Å². The summed E-state index contributed by atoms with van der Waals surface area (Å²) in [7, 11) is 1.80. The monoisotopic (exact) mass is 369 g/mol. The number of hydrogen-bond donors (Lipinski definition) is 2. The van der Waals surface area contributed by atoms with E-state index in [0.29, 0.717) is 0 Å². The largest absolute Gasteiger partial charge is 0.356 e. The van der Waals surface area contributed by atoms with E-state index in [1.807, 2.05) is 17.8 Å². The van der Waals surface area contributed by atoms with Gasteiger partial charge in [0.15, 0.2) is 5.96 Å². The average molecular weight is 370 g/mol. The van der Waals surface area contributed by atoms with Crippen molar-refractivity contribution in [3.8, 4) is 0 Å². The first-order valence-corrected chi connectivity index (χ1v) is 10.4. The number of guanidine groups is 1. The van der Waals surface area contributed by atoms with Gasteiger partial charge in [-0.25, -0.2) is 9.97 Å². The fraction of sp³-hybridized carbons (Fsp3) is 0.533. The Morgan fingerprint density at radius 2 is 2.17 bits per heavy atom. The Labute approximate surface area is 150 Å². The number of hydrogen-bond acceptors (Lipinski definition) is 6. The second-order valence-electron chi connectivity index (χ2n) is 4.75. The number of aliphatic imine (C=N–C) groups is 1. The number of nitrogens with one attached hydrogen (secondary N) is 2. The summed E-state index contributed by atoms with van der Waals surface area (Å²) in [5.74, 6) is 1.92. The minimum absolute atomic E-state index is 0.851. The molecule has 0 fully saturated rings. The maximum atomic E-state index is 4.43. The minimum Gasteiger partial charge on any atom is -0.356 e. The third-order valence-corrected chi connectivity index (χ3v) is 6.31. The van der Waals surface area contributed by atoms with E-state index in [1.165, 1.54) is 9.88 Å². The predicted octanol–water partition coefficient (Wildman–Crippen LogP) is 3.05. The lowest BCUT2D eigenvalue weighted by molar-refractivity contribution is 0.775. The zero-order valence-electron chi connectivity index (χ0n) is 13.5. The molecule has 0 aliphatic rings. The zero-order valence-corrected chi connectivity index (χ0v) is 16.0. The summed E-state index contributed by atoms with van der Waals surface area (Å²) in [5, 5.41) is 9.88. The van der Waals surface area contributed by atoms with Gasteiger partial charge >= 0.3 is 0 Å². The van der Waals surface area contributed by atoms with Gasteiger partial charge in [-0.15, -0.1) is 22.7 Å². The van der Waals surface area contributed by atoms with Crippen LogP contribution in [0.1, 0.15) is 23.2 Å². The van der Waals surface area contributed by atoms with Crippen LogP contribution in [0, 0.1) is 0 Å². The van der Waals surface area contributed by atoms with Crippen LogP contribution in [-0.2, 0) is 12.8 Å². The van der Waals surface area contributed by atoms with E-state index in [4.69, 9.17) is 0 Å². The topological polar surface area (TPSA) is 62.2 Å². The van der Waals surface area contributed by atoms with E-state index in [-0.39, 0.29) is 0 Å². The predicted molar refractivity (Wildman–Crippen MR) is 102 cm³/mol. The second kappa shape index (κ2) is 10.6. The van der Waals surface area contributed by atoms with E-state index in [1.54, 1.807) is 41.5 Å². The molecule has 0 radical (unpaired) electrons. The average Bonchev–Trinajstić information content (AvgIpc) is 3.24. The first kappa shape index (κ1) is 18.2. The number of thiazole rings is 2. The lowest BCUT2D eigenvalue weighted by Crippen LogP contribution is -2.38. The van der Waals surface area contributed by atoms with Gasteiger partial charge in [0.1, 0.15) is 4.34 Å². The van der Waals surface area contributed by atoms with Gasteiger partial charge in [0.2, 0.25) is 0 Å². The van der Waals surface area contributed by atoms with E-state index >= 15 is 0 Å². The number of aryl methyl sites for hydroxylation is 1. The molecular weight excluding hydrogens is 346 g/mol. The second-order valence-corrected chi connectivity index (χ2v) is 8.19. The number of aromatic nitrogens is 2. The van der Waals surface area contributed by atoms with Crippen LogP contribution >= 0.6 is 34.4 Å². The van der Waals surface area contributed by atoms with Crippen LogP contribution in [0.3, 0.4) is 0 Å². The summed E-state index contributed by atoms with van der Waals surface area (Å²) in [6, 6.07) is 0. The summed E-state index contributed by atoms with van der Waals surface area (Å²) in [6.07, 6.45) is 6.91. The summed E-state index contributed by atoms with van der Waals surface area (Å²) < 4.78 is 1.14. The highest BCUT2D eigenvalue weighted by Gasteiger charge is 2.02. The third-order valence-electron chi connectivity index (χ3n) is 3.05. The number of nitrogens with zero attached hydrogens (tertiary/aromatic N) is 3. The Morgan fingerprint density at radius 1 is 1.30 bits per heavy atom. The van der Waals surface area contributed by atoms with E-state index in [9.17, 15) is 0 Å². The first-order valence-electron chi connectivity index (χ1n) is 7.72. The summed E-state index contributed by atoms with van der Waals surface area (Å²) in [4.78, 5) is 14.3. The molecule has 8 heteroatoms. The van der Waals surface area contributed by atoms with Crippen molar-refractivity contribution in [2.75, 3.05) is 25.9 Å². The van der Waals surface area contributed by atoms with E-state index in [2.05, 4.69) is 32.5 Å². The molecule has 0 spiro atoms. The quantitative estimate of drug-likeness (QED) is 0.308. The van der Waals surface area contributed by atoms with Gasteiger partial charge < -0.3 is 10.6 Å². The summed E-state index contributed by atoms with van der Waals surface area (Å²) in [5.41, 5.74) is 0. The molecule has 2 heterocycles. The Balaban J connectivity index is 1.56. The zero-order chi connectivity index (χ0) is 16.3. The van der Waals surface area contributed by atoms with Gasteiger partial charge in [-0.05, 0) is 12.8 Å². The van der Waals surface area contributed by atoms with Gasteiger partial charge in [-0.3, -0.25) is 4.99 Å². The number of rotatable bonds is 9. The van der Waals surface area contributed by atoms with Crippen LogP contribution in [0.25, 0.3) is 0 Å². The Kier molecular flexibility index (Phi) is 8.41. The first-order chi connectivity index (χ1) is 11.3. The molecule has 2 N–H and O–H groups in total. The van der Waals surface area contributed by atoms with Crippen molar-refractivity contribution in [2.45, 2.75) is 30.5 Å². The van der Waals surface area contributed by atoms with Gasteiger partial charge in [0.25, 0.3) is 0 Å². The van der Waals surface area contributed by atoms with Crippen molar-refractivity contribution in [2.24, 2.45) is 4.99 Å². The van der Waals surface area contributed by atoms with E-state index < -0.39 is 0 Å². The van der Waals surface area contributed by atoms with Crippen molar-refractivity contribution >= 4 is 40.4 Å². The van der Waals surface area contributed by atoms with Crippen molar-refractivity contribution < 1.29 is 0 Å². The molecule has 126 valence electrons. The molecule has 2 rings (SSSR count). The molecule has 0 amide bonds. The van der Waals surface area contributed by atoms with Crippen LogP contribution in [0.4, 0.5) is 0 Å². The summed E-state index contributed by atoms with van der Waals surface area (Å²) in [6.45, 7) is 3.92. The highest BCUT2D eigenvalue weighted by Crippen LogP contribution is 2.20. The van der Waals surface area contributed by atoms with Crippen LogP contribution in [0.2, 0.25) is 0 Å². The maximum Gasteiger partial charge on any atom is 0.190 e. The molecule has 2 aromatic heterocycles. The maximum absolute atomic E-state index is 4.43. The molecule has 0 unspecified atom stereocenters. The van der Waals surface area contributed by atoms with Gasteiger partial charge in [-0.1, -0.05) is 18.7 Å². The molecule has 0 atom stereocenters. The van der Waals surface area contributed by atoms with Crippen LogP contribution in [0.15, 0.2) is 27.1 Å². The third kappa shape index (κ3) is 6.88. The molecule has 5 nitrogen and oxygen atoms in total. The van der Waals surface area contributed by atoms with Crippen molar-refractivity contribution in [3.63, 3.8) is 0 Å². The molecule has 0 bridgehead atoms. The lowest BCUT2D eigenvalue weighted by atomic mass is 10.4. The molecular formula is C15H23N5S3. The Hall–Kier alpha value is -1.12.